The molecule has 9 heteroatoms. The average Bonchev–Trinajstić information content (AvgIpc) is 3.37. The predicted molar refractivity (Wildman–Crippen MR) is 87.7 cm³/mol. The Morgan fingerprint density at radius 2 is 1.92 bits per heavy atom. The van der Waals surface area contributed by atoms with E-state index in [9.17, 15) is 18.0 Å². The number of hydrogen-bond acceptors (Lipinski definition) is 5. The van der Waals surface area contributed by atoms with Crippen LogP contribution in [-0.4, -0.2) is 62.1 Å². The number of carbonyl (C=O) groups is 2. The third kappa shape index (κ3) is 4.36. The molecule has 25 heavy (non-hydrogen) atoms. The number of hydrogen-bond donors (Lipinski definition) is 2. The first-order valence-corrected chi connectivity index (χ1v) is 9.58. The molecule has 1 saturated heterocycles. The quantitative estimate of drug-likeness (QED) is 0.753. The summed E-state index contributed by atoms with van der Waals surface area (Å²) in [5.74, 6) is -1.32. The van der Waals surface area contributed by atoms with Gasteiger partial charge in [0.25, 0.3) is 5.91 Å². The largest absolute Gasteiger partial charge is 0.481 e. The van der Waals surface area contributed by atoms with E-state index in [0.29, 0.717) is 18.7 Å². The van der Waals surface area contributed by atoms with E-state index in [4.69, 9.17) is 9.84 Å². The maximum Gasteiger partial charge on any atom is 0.305 e. The van der Waals surface area contributed by atoms with E-state index in [1.807, 2.05) is 0 Å². The molecule has 1 unspecified atom stereocenters. The molecule has 3 rings (SSSR count). The Morgan fingerprint density at radius 1 is 1.24 bits per heavy atom. The summed E-state index contributed by atoms with van der Waals surface area (Å²) in [5.41, 5.74) is 0.322. The third-order valence-corrected chi connectivity index (χ3v) is 5.75. The van der Waals surface area contributed by atoms with E-state index in [1.54, 1.807) is 0 Å². The van der Waals surface area contributed by atoms with Crippen LogP contribution in [-0.2, 0) is 19.6 Å². The number of carboxylic acid groups (broad SMARTS) is 1. The molecule has 1 aromatic rings. The Kier molecular flexibility index (Phi) is 5.07. The molecule has 1 aliphatic carbocycles. The van der Waals surface area contributed by atoms with Gasteiger partial charge in [-0.15, -0.1) is 0 Å². The number of amides is 1. The number of ether oxygens (including phenoxy) is 1. The highest BCUT2D eigenvalue weighted by molar-refractivity contribution is 7.89. The van der Waals surface area contributed by atoms with Crippen molar-refractivity contribution in [2.45, 2.75) is 36.2 Å². The highest BCUT2D eigenvalue weighted by Crippen LogP contribution is 2.23. The van der Waals surface area contributed by atoms with Crippen LogP contribution in [0.1, 0.15) is 29.6 Å². The van der Waals surface area contributed by atoms with Gasteiger partial charge in [0.15, 0.2) is 0 Å². The maximum atomic E-state index is 12.7. The SMILES string of the molecule is O=C(O)CC1COCCN1C(=O)c1ccc(S(=O)(=O)NC2CC2)cc1. The number of carboxylic acids is 1. The molecule has 8 nitrogen and oxygen atoms in total. The lowest BCUT2D eigenvalue weighted by Crippen LogP contribution is -2.49. The minimum atomic E-state index is -3.56. The number of morpholine rings is 1. The Morgan fingerprint density at radius 3 is 2.52 bits per heavy atom. The van der Waals surface area contributed by atoms with Crippen LogP contribution in [0.3, 0.4) is 0 Å². The van der Waals surface area contributed by atoms with Crippen LogP contribution in [0.5, 0.6) is 0 Å². The van der Waals surface area contributed by atoms with Crippen molar-refractivity contribution in [1.82, 2.24) is 9.62 Å². The van der Waals surface area contributed by atoms with Crippen LogP contribution in [0, 0.1) is 0 Å². The zero-order valence-corrected chi connectivity index (χ0v) is 14.4. The number of sulfonamides is 1. The van der Waals surface area contributed by atoms with Crippen molar-refractivity contribution < 1.29 is 27.9 Å². The van der Waals surface area contributed by atoms with Crippen molar-refractivity contribution in [3.05, 3.63) is 29.8 Å². The van der Waals surface area contributed by atoms with Crippen LogP contribution in [0.4, 0.5) is 0 Å². The van der Waals surface area contributed by atoms with Gasteiger partial charge in [0.2, 0.25) is 10.0 Å². The molecule has 1 amide bonds. The lowest BCUT2D eigenvalue weighted by Gasteiger charge is -2.34. The summed E-state index contributed by atoms with van der Waals surface area (Å²) in [7, 11) is -3.56. The number of aliphatic carboxylic acids is 1. The Balaban J connectivity index is 1.74. The molecule has 1 aliphatic heterocycles. The van der Waals surface area contributed by atoms with Crippen molar-refractivity contribution in [2.24, 2.45) is 0 Å². The van der Waals surface area contributed by atoms with E-state index in [2.05, 4.69) is 4.72 Å². The van der Waals surface area contributed by atoms with Crippen molar-refractivity contribution in [2.75, 3.05) is 19.8 Å². The lowest BCUT2D eigenvalue weighted by atomic mass is 10.1. The molecule has 1 aromatic carbocycles. The molecule has 0 spiro atoms. The minimum Gasteiger partial charge on any atom is -0.481 e. The second-order valence-corrected chi connectivity index (χ2v) is 7.96. The molecular formula is C16H20N2O6S. The molecular weight excluding hydrogens is 348 g/mol. The van der Waals surface area contributed by atoms with Gasteiger partial charge in [-0.05, 0) is 37.1 Å². The van der Waals surface area contributed by atoms with Gasteiger partial charge in [-0.2, -0.15) is 0 Å². The number of rotatable bonds is 6. The van der Waals surface area contributed by atoms with Crippen LogP contribution in [0.15, 0.2) is 29.2 Å². The Labute approximate surface area is 145 Å². The van der Waals surface area contributed by atoms with Gasteiger partial charge in [0.1, 0.15) is 0 Å². The molecule has 1 atom stereocenters. The zero-order chi connectivity index (χ0) is 18.0. The van der Waals surface area contributed by atoms with Crippen LogP contribution in [0.25, 0.3) is 0 Å². The monoisotopic (exact) mass is 368 g/mol. The second kappa shape index (κ2) is 7.11. The van der Waals surface area contributed by atoms with E-state index in [-0.39, 0.29) is 29.9 Å². The van der Waals surface area contributed by atoms with Crippen molar-refractivity contribution >= 4 is 21.9 Å². The number of carbonyl (C=O) groups excluding carboxylic acids is 1. The number of nitrogens with zero attached hydrogens (tertiary/aromatic N) is 1. The van der Waals surface area contributed by atoms with Gasteiger partial charge < -0.3 is 14.7 Å². The Bertz CT molecular complexity index is 757. The van der Waals surface area contributed by atoms with Gasteiger partial charge >= 0.3 is 5.97 Å². The first-order chi connectivity index (χ1) is 11.9. The topological polar surface area (TPSA) is 113 Å². The summed E-state index contributed by atoms with van der Waals surface area (Å²) < 4.78 is 32.1. The smallest absolute Gasteiger partial charge is 0.305 e. The summed E-state index contributed by atoms with van der Waals surface area (Å²) in [5, 5.41) is 8.97. The molecule has 2 fully saturated rings. The van der Waals surface area contributed by atoms with Crippen LogP contribution >= 0.6 is 0 Å². The summed E-state index contributed by atoms with van der Waals surface area (Å²) >= 11 is 0. The van der Waals surface area contributed by atoms with Gasteiger partial charge in [0, 0.05) is 18.2 Å². The van der Waals surface area contributed by atoms with Gasteiger partial charge in [0.05, 0.1) is 30.6 Å². The second-order valence-electron chi connectivity index (χ2n) is 6.25. The summed E-state index contributed by atoms with van der Waals surface area (Å²) in [6.45, 7) is 0.829. The van der Waals surface area contributed by atoms with E-state index >= 15 is 0 Å². The highest BCUT2D eigenvalue weighted by Gasteiger charge is 2.31. The predicted octanol–water partition coefficient (Wildman–Crippen LogP) is 0.443. The fraction of sp³-hybridized carbons (Fsp3) is 0.500. The van der Waals surface area contributed by atoms with Crippen molar-refractivity contribution in [1.29, 1.82) is 0 Å². The van der Waals surface area contributed by atoms with Crippen LogP contribution in [0.2, 0.25) is 0 Å². The van der Waals surface area contributed by atoms with Crippen molar-refractivity contribution in [3.8, 4) is 0 Å². The van der Waals surface area contributed by atoms with Gasteiger partial charge in [-0.1, -0.05) is 0 Å². The Hall–Kier alpha value is -1.97. The molecule has 0 bridgehead atoms. The fourth-order valence-electron chi connectivity index (χ4n) is 2.72. The van der Waals surface area contributed by atoms with E-state index in [0.717, 1.165) is 12.8 Å². The highest BCUT2D eigenvalue weighted by atomic mass is 32.2. The standard InChI is InChI=1S/C16H20N2O6S/c19-15(20)9-13-10-24-8-7-18(13)16(21)11-1-5-14(6-2-11)25(22,23)17-12-3-4-12/h1-2,5-6,12-13,17H,3-4,7-10H2,(H,19,20). The van der Waals surface area contributed by atoms with Gasteiger partial charge in [-0.3, -0.25) is 9.59 Å². The molecule has 136 valence electrons. The summed E-state index contributed by atoms with van der Waals surface area (Å²) in [4.78, 5) is 25.2. The average molecular weight is 368 g/mol. The van der Waals surface area contributed by atoms with E-state index in [1.165, 1.54) is 29.2 Å². The summed E-state index contributed by atoms with van der Waals surface area (Å²) in [6.07, 6.45) is 1.50. The third-order valence-electron chi connectivity index (χ3n) is 4.21. The number of benzene rings is 1. The first kappa shape index (κ1) is 17.8. The molecule has 1 heterocycles. The molecule has 0 radical (unpaired) electrons. The number of nitrogens with one attached hydrogen (secondary N) is 1. The van der Waals surface area contributed by atoms with E-state index < -0.39 is 22.0 Å². The molecule has 1 saturated carbocycles. The minimum absolute atomic E-state index is 0.0106. The van der Waals surface area contributed by atoms with Gasteiger partial charge in [-0.25, -0.2) is 13.1 Å². The molecule has 2 N–H and O–H groups in total. The molecule has 0 aromatic heterocycles. The first-order valence-electron chi connectivity index (χ1n) is 8.10. The fourth-order valence-corrected chi connectivity index (χ4v) is 4.03. The van der Waals surface area contributed by atoms with Crippen LogP contribution < -0.4 is 4.72 Å². The van der Waals surface area contributed by atoms with Crippen molar-refractivity contribution in [3.63, 3.8) is 0 Å². The normalized spacial score (nSPS) is 21.1. The molecule has 2 aliphatic rings. The maximum absolute atomic E-state index is 12.7. The summed E-state index contributed by atoms with van der Waals surface area (Å²) in [6, 6.07) is 5.18. The zero-order valence-electron chi connectivity index (χ0n) is 13.6. The lowest BCUT2D eigenvalue weighted by molar-refractivity contribution is -0.139.